The molecule has 0 saturated heterocycles. The summed E-state index contributed by atoms with van der Waals surface area (Å²) in [5.41, 5.74) is 2.20. The van der Waals surface area contributed by atoms with Crippen LogP contribution in [0.15, 0.2) is 46.3 Å². The van der Waals surface area contributed by atoms with Crippen molar-refractivity contribution in [3.05, 3.63) is 51.9 Å². The number of carbonyl (C=O) groups is 1. The molecule has 1 aromatic carbocycles. The molecule has 0 bridgehead atoms. The van der Waals surface area contributed by atoms with Crippen molar-refractivity contribution in [3.8, 4) is 0 Å². The largest absolute Gasteiger partial charge is 0.463 e. The van der Waals surface area contributed by atoms with Crippen molar-refractivity contribution in [2.45, 2.75) is 19.9 Å². The number of allylic oxidation sites excluding steroid dienone is 1. The van der Waals surface area contributed by atoms with Gasteiger partial charge in [0.25, 0.3) is 0 Å². The quantitative estimate of drug-likeness (QED) is 0.850. The van der Waals surface area contributed by atoms with E-state index in [0.717, 1.165) is 15.7 Å². The van der Waals surface area contributed by atoms with Gasteiger partial charge in [-0.2, -0.15) is 10.1 Å². The third kappa shape index (κ3) is 2.52. The van der Waals surface area contributed by atoms with Crippen LogP contribution in [0.4, 0.5) is 5.95 Å². The Hall–Kier alpha value is -2.15. The Morgan fingerprint density at radius 1 is 1.50 bits per heavy atom. The molecule has 0 radical (unpaired) electrons. The summed E-state index contributed by atoms with van der Waals surface area (Å²) in [6.45, 7) is 3.96. The molecule has 0 saturated carbocycles. The van der Waals surface area contributed by atoms with E-state index in [9.17, 15) is 4.79 Å². The summed E-state index contributed by atoms with van der Waals surface area (Å²) in [7, 11) is 0. The van der Waals surface area contributed by atoms with Crippen molar-refractivity contribution in [2.24, 2.45) is 0 Å². The number of benzene rings is 1. The zero-order chi connectivity index (χ0) is 15.7. The highest BCUT2D eigenvalue weighted by Crippen LogP contribution is 2.35. The lowest BCUT2D eigenvalue weighted by molar-refractivity contribution is -0.139. The molecule has 3 rings (SSSR count). The SMILES string of the molecule is CCOC(=O)C1=C(C)Nc2ncnn2C1c1cccc(Br)c1. The molecule has 1 N–H and O–H groups in total. The van der Waals surface area contributed by atoms with E-state index < -0.39 is 0 Å². The molecule has 2 heterocycles. The Morgan fingerprint density at radius 3 is 3.05 bits per heavy atom. The number of ether oxygens (including phenoxy) is 1. The van der Waals surface area contributed by atoms with Crippen LogP contribution in [0.25, 0.3) is 0 Å². The maximum atomic E-state index is 12.4. The first-order valence-corrected chi connectivity index (χ1v) is 7.71. The highest BCUT2D eigenvalue weighted by molar-refractivity contribution is 9.10. The topological polar surface area (TPSA) is 69.0 Å². The molecular weight excluding hydrogens is 348 g/mol. The van der Waals surface area contributed by atoms with Gasteiger partial charge in [0.15, 0.2) is 0 Å². The number of nitrogens with zero attached hydrogens (tertiary/aromatic N) is 3. The van der Waals surface area contributed by atoms with Crippen LogP contribution >= 0.6 is 15.9 Å². The predicted molar refractivity (Wildman–Crippen MR) is 85.3 cm³/mol. The zero-order valence-electron chi connectivity index (χ0n) is 12.2. The van der Waals surface area contributed by atoms with E-state index >= 15 is 0 Å². The number of hydrogen-bond donors (Lipinski definition) is 1. The van der Waals surface area contributed by atoms with Crippen LogP contribution in [0.3, 0.4) is 0 Å². The molecule has 1 unspecified atom stereocenters. The van der Waals surface area contributed by atoms with Crippen LogP contribution in [0.2, 0.25) is 0 Å². The molecule has 1 aromatic heterocycles. The first-order valence-electron chi connectivity index (χ1n) is 6.91. The molecule has 7 heteroatoms. The van der Waals surface area contributed by atoms with Gasteiger partial charge >= 0.3 is 5.97 Å². The number of hydrogen-bond acceptors (Lipinski definition) is 5. The molecule has 1 aliphatic heterocycles. The van der Waals surface area contributed by atoms with Crippen molar-refractivity contribution >= 4 is 27.8 Å². The lowest BCUT2D eigenvalue weighted by Crippen LogP contribution is -2.29. The third-order valence-corrected chi connectivity index (χ3v) is 3.95. The number of anilines is 1. The van der Waals surface area contributed by atoms with Crippen LogP contribution in [0.5, 0.6) is 0 Å². The standard InChI is InChI=1S/C15H15BrN4O2/c1-3-22-14(21)12-9(2)19-15-17-8-18-20(15)13(12)10-5-4-6-11(16)7-10/h4-8,13H,3H2,1-2H3,(H,17,18,19). The fourth-order valence-corrected chi connectivity index (χ4v) is 2.97. The van der Waals surface area contributed by atoms with E-state index in [1.807, 2.05) is 31.2 Å². The van der Waals surface area contributed by atoms with Gasteiger partial charge in [-0.1, -0.05) is 28.1 Å². The zero-order valence-corrected chi connectivity index (χ0v) is 13.8. The molecular formula is C15H15BrN4O2. The third-order valence-electron chi connectivity index (χ3n) is 3.45. The van der Waals surface area contributed by atoms with Gasteiger partial charge in [0.05, 0.1) is 12.2 Å². The monoisotopic (exact) mass is 362 g/mol. The molecule has 1 atom stereocenters. The average Bonchev–Trinajstić information content (AvgIpc) is 2.93. The summed E-state index contributed by atoms with van der Waals surface area (Å²) in [6.07, 6.45) is 1.47. The second-order valence-corrected chi connectivity index (χ2v) is 5.79. The number of nitrogens with one attached hydrogen (secondary N) is 1. The number of fused-ring (bicyclic) bond motifs is 1. The van der Waals surface area contributed by atoms with Crippen LogP contribution in [0.1, 0.15) is 25.5 Å². The van der Waals surface area contributed by atoms with Gasteiger partial charge in [-0.05, 0) is 31.5 Å². The molecule has 22 heavy (non-hydrogen) atoms. The molecule has 0 fully saturated rings. The molecule has 1 aliphatic rings. The van der Waals surface area contributed by atoms with E-state index in [1.54, 1.807) is 11.6 Å². The summed E-state index contributed by atoms with van der Waals surface area (Å²) >= 11 is 3.47. The fraction of sp³-hybridized carbons (Fsp3) is 0.267. The predicted octanol–water partition coefficient (Wildman–Crippen LogP) is 2.89. The number of carbonyl (C=O) groups excluding carboxylic acids is 1. The van der Waals surface area contributed by atoms with Gasteiger partial charge in [0.2, 0.25) is 5.95 Å². The van der Waals surface area contributed by atoms with Crippen molar-refractivity contribution in [1.82, 2.24) is 14.8 Å². The average molecular weight is 363 g/mol. The Bertz CT molecular complexity index is 754. The van der Waals surface area contributed by atoms with Crippen LogP contribution < -0.4 is 5.32 Å². The highest BCUT2D eigenvalue weighted by atomic mass is 79.9. The van der Waals surface area contributed by atoms with Gasteiger partial charge in [-0.15, -0.1) is 0 Å². The second-order valence-electron chi connectivity index (χ2n) is 4.87. The lowest BCUT2D eigenvalue weighted by Gasteiger charge is -2.28. The smallest absolute Gasteiger partial charge is 0.338 e. The lowest BCUT2D eigenvalue weighted by atomic mass is 9.96. The Kier molecular flexibility index (Phi) is 3.98. The second kappa shape index (κ2) is 5.92. The molecule has 0 spiro atoms. The fourth-order valence-electron chi connectivity index (χ4n) is 2.55. The van der Waals surface area contributed by atoms with Gasteiger partial charge in [0.1, 0.15) is 12.4 Å². The van der Waals surface area contributed by atoms with Gasteiger partial charge in [-0.3, -0.25) is 0 Å². The minimum Gasteiger partial charge on any atom is -0.463 e. The van der Waals surface area contributed by atoms with Crippen LogP contribution in [-0.4, -0.2) is 27.3 Å². The number of rotatable bonds is 3. The van der Waals surface area contributed by atoms with E-state index in [2.05, 4.69) is 31.3 Å². The first-order chi connectivity index (χ1) is 10.6. The molecule has 0 amide bonds. The van der Waals surface area contributed by atoms with E-state index in [4.69, 9.17) is 4.74 Å². The summed E-state index contributed by atoms with van der Waals surface area (Å²) in [5.74, 6) is 0.258. The number of esters is 1. The van der Waals surface area contributed by atoms with Gasteiger partial charge in [0, 0.05) is 10.2 Å². The first kappa shape index (κ1) is 14.8. The summed E-state index contributed by atoms with van der Waals surface area (Å²) < 4.78 is 7.85. The Balaban J connectivity index is 2.15. The highest BCUT2D eigenvalue weighted by Gasteiger charge is 2.34. The molecule has 2 aromatic rings. The minimum atomic E-state index is -0.365. The van der Waals surface area contributed by atoms with Crippen molar-refractivity contribution in [3.63, 3.8) is 0 Å². The molecule has 0 aliphatic carbocycles. The Labute approximate surface area is 136 Å². The van der Waals surface area contributed by atoms with E-state index in [-0.39, 0.29) is 12.0 Å². The number of aromatic nitrogens is 3. The maximum Gasteiger partial charge on any atom is 0.338 e. The maximum absolute atomic E-state index is 12.4. The Morgan fingerprint density at radius 2 is 2.32 bits per heavy atom. The van der Waals surface area contributed by atoms with Crippen molar-refractivity contribution in [2.75, 3.05) is 11.9 Å². The van der Waals surface area contributed by atoms with Gasteiger partial charge in [-0.25, -0.2) is 9.48 Å². The van der Waals surface area contributed by atoms with Crippen LogP contribution in [0, 0.1) is 0 Å². The van der Waals surface area contributed by atoms with E-state index in [1.165, 1.54) is 6.33 Å². The molecule has 114 valence electrons. The minimum absolute atomic E-state index is 0.324. The summed E-state index contributed by atoms with van der Waals surface area (Å²) in [6, 6.07) is 7.42. The van der Waals surface area contributed by atoms with Crippen molar-refractivity contribution < 1.29 is 9.53 Å². The van der Waals surface area contributed by atoms with Gasteiger partial charge < -0.3 is 10.1 Å². The van der Waals surface area contributed by atoms with Crippen molar-refractivity contribution in [1.29, 1.82) is 0 Å². The summed E-state index contributed by atoms with van der Waals surface area (Å²) in [5, 5.41) is 7.36. The molecule has 6 nitrogen and oxygen atoms in total. The number of halogens is 1. The van der Waals surface area contributed by atoms with Crippen LogP contribution in [-0.2, 0) is 9.53 Å². The normalized spacial score (nSPS) is 17.0. The summed E-state index contributed by atoms with van der Waals surface area (Å²) in [4.78, 5) is 16.6. The van der Waals surface area contributed by atoms with E-state index in [0.29, 0.717) is 18.1 Å².